The van der Waals surface area contributed by atoms with E-state index in [1.54, 1.807) is 6.07 Å². The number of amides is 3. The van der Waals surface area contributed by atoms with Crippen molar-refractivity contribution < 1.29 is 34.1 Å². The van der Waals surface area contributed by atoms with Gasteiger partial charge in [0.25, 0.3) is 0 Å². The molecule has 0 radical (unpaired) electrons. The Labute approximate surface area is 672 Å². The Hall–Kier alpha value is -10.5. The van der Waals surface area contributed by atoms with Crippen LogP contribution in [0.25, 0.3) is 21.5 Å². The van der Waals surface area contributed by atoms with E-state index in [0.717, 1.165) is 202 Å². The first-order valence-electron chi connectivity index (χ1n) is 41.0. The molecule has 0 saturated carbocycles. The van der Waals surface area contributed by atoms with Crippen LogP contribution < -0.4 is 34.0 Å². The lowest BCUT2D eigenvalue weighted by Gasteiger charge is -2.42. The number of anilines is 5. The molecule has 4 fully saturated rings. The molecule has 0 aliphatic carbocycles. The molecule has 3 atom stereocenters. The molecule has 0 spiro atoms. The number of rotatable bonds is 22. The van der Waals surface area contributed by atoms with E-state index in [-0.39, 0.29) is 41.4 Å². The molecule has 0 bridgehead atoms. The number of carbonyl (C=O) groups is 3. The number of likely N-dealkylation sites (tertiary alicyclic amines) is 1. The lowest BCUT2D eigenvalue weighted by atomic mass is 9.94. The van der Waals surface area contributed by atoms with Gasteiger partial charge in [0.2, 0.25) is 17.7 Å². The topological polar surface area (TPSA) is 226 Å². The van der Waals surface area contributed by atoms with Crippen molar-refractivity contribution >= 4 is 68.1 Å². The van der Waals surface area contributed by atoms with Gasteiger partial charge in [0.15, 0.2) is 0 Å². The summed E-state index contributed by atoms with van der Waals surface area (Å²) in [5, 5.41) is 25.2. The predicted molar refractivity (Wildman–Crippen MR) is 453 cm³/mol. The molecule has 5 aromatic carbocycles. The van der Waals surface area contributed by atoms with Crippen LogP contribution in [-0.2, 0) is 53.3 Å². The van der Waals surface area contributed by atoms with Crippen LogP contribution in [0.15, 0.2) is 141 Å². The number of phenols is 2. The molecule has 8 aromatic rings. The lowest BCUT2D eigenvalue weighted by molar-refractivity contribution is -0.127. The van der Waals surface area contributed by atoms with E-state index in [9.17, 15) is 24.6 Å². The smallest absolute Gasteiger partial charge is 0.318 e. The van der Waals surface area contributed by atoms with E-state index in [0.29, 0.717) is 89.5 Å². The molecule has 7 aliphatic heterocycles. The largest absolute Gasteiger partial charge is 0.508 e. The molecule has 3 aromatic heterocycles. The Bertz CT molecular complexity index is 4690. The molecule has 1 unspecified atom stereocenters. The Morgan fingerprint density at radius 2 is 1.04 bits per heavy atom. The highest BCUT2D eigenvalue weighted by molar-refractivity contribution is 5.97. The van der Waals surface area contributed by atoms with E-state index < -0.39 is 0 Å². The third-order valence-corrected chi connectivity index (χ3v) is 23.2. The number of ether oxygens (including phenoxy) is 2. The third kappa shape index (κ3) is 19.5. The zero-order valence-electron chi connectivity index (χ0n) is 68.2. The molecule has 4 saturated heterocycles. The van der Waals surface area contributed by atoms with Gasteiger partial charge in [-0.3, -0.25) is 19.3 Å². The fourth-order valence-electron chi connectivity index (χ4n) is 17.2. The van der Waals surface area contributed by atoms with E-state index in [1.807, 2.05) is 78.2 Å². The second kappa shape index (κ2) is 37.7. The van der Waals surface area contributed by atoms with Crippen LogP contribution in [0.2, 0.25) is 0 Å². The number of piperazine rings is 3. The van der Waals surface area contributed by atoms with E-state index in [1.165, 1.54) is 41.3 Å². The normalized spacial score (nSPS) is 18.1. The molecule has 25 heteroatoms. The lowest BCUT2D eigenvalue weighted by Crippen LogP contribution is -2.54. The first-order chi connectivity index (χ1) is 55.2. The van der Waals surface area contributed by atoms with Crippen LogP contribution in [0.4, 0.5) is 28.8 Å². The molecule has 3 amide bonds. The van der Waals surface area contributed by atoms with Crippen molar-refractivity contribution in [1.82, 2.24) is 64.2 Å². The number of hydrogen-bond donors (Lipinski definition) is 2. The maximum absolute atomic E-state index is 12.3. The molecule has 114 heavy (non-hydrogen) atoms. The van der Waals surface area contributed by atoms with Crippen molar-refractivity contribution in [2.45, 2.75) is 116 Å². The summed E-state index contributed by atoms with van der Waals surface area (Å²) in [6, 6.07) is 35.6. The number of likely N-dealkylation sites (N-methyl/N-ethyl adjacent to an activating group) is 1. The van der Waals surface area contributed by atoms with Gasteiger partial charge in [-0.15, -0.1) is 0 Å². The first kappa shape index (κ1) is 81.5. The van der Waals surface area contributed by atoms with Crippen molar-refractivity contribution in [3.63, 3.8) is 0 Å². The van der Waals surface area contributed by atoms with Crippen LogP contribution in [0.1, 0.15) is 110 Å². The molecule has 15 rings (SSSR count). The van der Waals surface area contributed by atoms with Gasteiger partial charge in [0.05, 0.1) is 36.8 Å². The Morgan fingerprint density at radius 3 is 1.60 bits per heavy atom. The van der Waals surface area contributed by atoms with Gasteiger partial charge in [0, 0.05) is 180 Å². The standard InChI is InChI=1S/C32H40N6O2.C30H38N6O3.C27H38N6O2/c1-3-12-35-13-9-23(10-14-35)31-33-28-22-38(29-21-25(39)20-24-7-5-6-8-26(24)29)15-11-27(28)32(34-31)37-18-16-36(17-19-37)30(40)4-2;1-6-28(38)35-13-14-36(20(2)17-35)29-25-11-12-34(27-16-23(37)15-22-9-7-8-10-24(22)27)19-26(25)31-30(32-29)39-21(3)18-33(4)5;1-5-25(34)31-15-17-32(18-16-31)26-23-12-14-33(21(2)22-10-7-6-8-11-22)20-24(23)28-27(29-26)35-19-9-13-30(3)4/h4-8,20-21,23,39H,2-3,9-19,22H2,1H3;6-10,15-16,20-21,37H,1,11-14,17-19H2,2-5H3;5-8,10-11,21H,1,9,12-20H2,2-4H3/t;20-,21+;/m.0./s1. The fourth-order valence-corrected chi connectivity index (χ4v) is 17.2. The number of carbonyl (C=O) groups excluding carboxylic acids is 3. The molecule has 25 nitrogen and oxygen atoms in total. The molecule has 10 heterocycles. The van der Waals surface area contributed by atoms with E-state index in [4.69, 9.17) is 39.4 Å². The fraction of sp³-hybridized carbons (Fsp3) is 0.472. The number of fused-ring (bicyclic) bond motifs is 5. The minimum atomic E-state index is -0.0832. The van der Waals surface area contributed by atoms with Gasteiger partial charge in [-0.05, 0) is 160 Å². The molecular weight excluding hydrogens is 1430 g/mol. The highest BCUT2D eigenvalue weighted by Crippen LogP contribution is 2.41. The average molecular weight is 1550 g/mol. The van der Waals surface area contributed by atoms with Crippen molar-refractivity contribution in [3.8, 4) is 23.5 Å². The third-order valence-electron chi connectivity index (χ3n) is 23.2. The number of hydrogen-bond acceptors (Lipinski definition) is 22. The predicted octanol–water partition coefficient (Wildman–Crippen LogP) is 10.5. The van der Waals surface area contributed by atoms with Crippen LogP contribution >= 0.6 is 0 Å². The maximum atomic E-state index is 12.3. The van der Waals surface area contributed by atoms with E-state index >= 15 is 0 Å². The molecular formula is C89H116N18O7. The first-order valence-corrected chi connectivity index (χ1v) is 41.0. The van der Waals surface area contributed by atoms with Crippen molar-refractivity contribution in [2.75, 3.05) is 184 Å². The summed E-state index contributed by atoms with van der Waals surface area (Å²) in [6.07, 6.45) is 10.9. The number of nitrogens with zero attached hydrogens (tertiary/aromatic N) is 18. The Kier molecular flexibility index (Phi) is 26.9. The second-order valence-electron chi connectivity index (χ2n) is 31.7. The van der Waals surface area contributed by atoms with Gasteiger partial charge in [-0.2, -0.15) is 19.9 Å². The Balaban J connectivity index is 0.000000150. The number of phenolic OH excluding ortho intramolecular Hbond substituents is 2. The minimum absolute atomic E-state index is 0.00197. The quantitative estimate of drug-likeness (QED) is 0.0475. The molecule has 604 valence electrons. The van der Waals surface area contributed by atoms with Crippen molar-refractivity contribution in [3.05, 3.63) is 186 Å². The zero-order chi connectivity index (χ0) is 80.1. The zero-order valence-corrected chi connectivity index (χ0v) is 68.2. The van der Waals surface area contributed by atoms with Gasteiger partial charge < -0.3 is 73.6 Å². The van der Waals surface area contributed by atoms with Gasteiger partial charge in [-0.25, -0.2) is 9.97 Å². The number of aromatic nitrogens is 6. The van der Waals surface area contributed by atoms with Gasteiger partial charge >= 0.3 is 12.0 Å². The van der Waals surface area contributed by atoms with Crippen LogP contribution in [0.3, 0.4) is 0 Å². The van der Waals surface area contributed by atoms with Crippen LogP contribution in [0, 0.1) is 0 Å². The van der Waals surface area contributed by atoms with Crippen LogP contribution in [-0.4, -0.2) is 263 Å². The van der Waals surface area contributed by atoms with Crippen molar-refractivity contribution in [1.29, 1.82) is 0 Å². The molecule has 7 aliphatic rings. The summed E-state index contributed by atoms with van der Waals surface area (Å²) in [5.41, 5.74) is 10.0. The summed E-state index contributed by atoms with van der Waals surface area (Å²) >= 11 is 0. The van der Waals surface area contributed by atoms with Crippen molar-refractivity contribution in [2.24, 2.45) is 0 Å². The highest BCUT2D eigenvalue weighted by Gasteiger charge is 2.36. The summed E-state index contributed by atoms with van der Waals surface area (Å²) in [6.45, 7) is 37.4. The van der Waals surface area contributed by atoms with Gasteiger partial charge in [0.1, 0.15) is 40.9 Å². The minimum Gasteiger partial charge on any atom is -0.508 e. The summed E-state index contributed by atoms with van der Waals surface area (Å²) in [7, 11) is 8.16. The second-order valence-corrected chi connectivity index (χ2v) is 31.7. The van der Waals surface area contributed by atoms with Crippen LogP contribution in [0.5, 0.6) is 23.5 Å². The maximum Gasteiger partial charge on any atom is 0.318 e. The highest BCUT2D eigenvalue weighted by atomic mass is 16.5. The SMILES string of the molecule is C=CC(=O)N1CCN(c2nc(C3CCN(CCC)CC3)nc3c2CCN(c2cc(O)cc4ccccc24)C3)CC1.C=CC(=O)N1CCN(c2nc(OCCCN(C)C)nc3c2CCN(C(C)c2ccccc2)C3)CC1.C=CC(=O)N1CCN(c2nc(O[C@H](C)CN(C)C)nc3c2CCN(c2cc(O)cc4ccccc24)C3)[C@@H](C)C1. The summed E-state index contributed by atoms with van der Waals surface area (Å²) in [5.74, 6) is 4.73. The van der Waals surface area contributed by atoms with E-state index in [2.05, 4.69) is 153 Å². The number of benzene rings is 5. The summed E-state index contributed by atoms with van der Waals surface area (Å²) in [4.78, 5) is 93.0. The van der Waals surface area contributed by atoms with Gasteiger partial charge in [-0.1, -0.05) is 106 Å². The monoisotopic (exact) mass is 1550 g/mol. The number of aromatic hydroxyl groups is 2. The Morgan fingerprint density at radius 1 is 0.544 bits per heavy atom. The summed E-state index contributed by atoms with van der Waals surface area (Å²) < 4.78 is 12.3. The molecule has 2 N–H and O–H groups in total. The average Bonchev–Trinajstić information content (AvgIpc) is 0.766. The number of piperidine rings is 1.